The van der Waals surface area contributed by atoms with E-state index in [1.807, 2.05) is 0 Å². The van der Waals surface area contributed by atoms with Gasteiger partial charge in [0.2, 0.25) is 0 Å². The van der Waals surface area contributed by atoms with E-state index >= 15 is 0 Å². The molecule has 2 aliphatic heterocycles. The number of nitrogens with zero attached hydrogens (tertiary/aromatic N) is 2. The molecule has 2 heterocycles. The van der Waals surface area contributed by atoms with Crippen molar-refractivity contribution in [3.63, 3.8) is 0 Å². The van der Waals surface area contributed by atoms with Crippen molar-refractivity contribution >= 4 is 0 Å². The first-order chi connectivity index (χ1) is 11.9. The van der Waals surface area contributed by atoms with Crippen molar-refractivity contribution in [3.05, 3.63) is 0 Å². The fourth-order valence-electron chi connectivity index (χ4n) is 3.25. The number of rotatable bonds is 15. The van der Waals surface area contributed by atoms with E-state index in [-0.39, 0.29) is 0 Å². The van der Waals surface area contributed by atoms with Gasteiger partial charge in [-0.2, -0.15) is 0 Å². The van der Waals surface area contributed by atoms with Gasteiger partial charge in [0.25, 0.3) is 0 Å². The number of ether oxygens (including phenoxy) is 3. The molecule has 24 heavy (non-hydrogen) atoms. The Bertz CT molecular complexity index is 255. The van der Waals surface area contributed by atoms with Gasteiger partial charge >= 0.3 is 0 Å². The van der Waals surface area contributed by atoms with Crippen LogP contribution in [0.25, 0.3) is 0 Å². The van der Waals surface area contributed by atoms with Gasteiger partial charge in [0.05, 0.1) is 39.6 Å². The summed E-state index contributed by atoms with van der Waals surface area (Å²) >= 11 is 0. The van der Waals surface area contributed by atoms with E-state index in [9.17, 15) is 0 Å². The molecule has 2 saturated heterocycles. The Labute approximate surface area is 147 Å². The van der Waals surface area contributed by atoms with Crippen molar-refractivity contribution in [1.29, 1.82) is 0 Å². The summed E-state index contributed by atoms with van der Waals surface area (Å²) in [6.07, 6.45) is 5.42. The van der Waals surface area contributed by atoms with Crippen molar-refractivity contribution in [2.75, 3.05) is 92.0 Å². The largest absolute Gasteiger partial charge is 0.378 e. The van der Waals surface area contributed by atoms with E-state index in [2.05, 4.69) is 15.1 Å². The minimum absolute atomic E-state index is 0.656. The molecule has 0 atom stereocenters. The summed E-state index contributed by atoms with van der Waals surface area (Å²) < 4.78 is 16.7. The zero-order chi connectivity index (χ0) is 16.7. The van der Waals surface area contributed by atoms with Crippen LogP contribution in [0.15, 0.2) is 0 Å². The first kappa shape index (κ1) is 20.1. The van der Waals surface area contributed by atoms with Gasteiger partial charge in [-0.1, -0.05) is 0 Å². The molecular weight excluding hydrogens is 306 g/mol. The normalized spacial score (nSPS) is 19.5. The maximum Gasteiger partial charge on any atom is 0.0701 e. The van der Waals surface area contributed by atoms with Crippen LogP contribution >= 0.6 is 0 Å². The summed E-state index contributed by atoms with van der Waals surface area (Å²) in [5, 5.41) is 3.43. The second-order valence-corrected chi connectivity index (χ2v) is 6.68. The fourth-order valence-corrected chi connectivity index (χ4v) is 3.25. The molecule has 142 valence electrons. The summed E-state index contributed by atoms with van der Waals surface area (Å²) in [6.45, 7) is 13.5. The molecule has 0 aliphatic carbocycles. The highest BCUT2D eigenvalue weighted by molar-refractivity contribution is 4.66. The molecule has 0 aromatic heterocycles. The molecule has 0 bridgehead atoms. The highest BCUT2D eigenvalue weighted by Gasteiger charge is 2.10. The third-order valence-electron chi connectivity index (χ3n) is 4.72. The molecule has 2 aliphatic rings. The van der Waals surface area contributed by atoms with E-state index in [0.717, 1.165) is 32.8 Å². The minimum Gasteiger partial charge on any atom is -0.378 e. The lowest BCUT2D eigenvalue weighted by Gasteiger charge is -2.14. The van der Waals surface area contributed by atoms with E-state index in [1.165, 1.54) is 58.4 Å². The average Bonchev–Trinajstić information content (AvgIpc) is 3.28. The van der Waals surface area contributed by atoms with Crippen molar-refractivity contribution in [2.45, 2.75) is 25.7 Å². The molecule has 0 aromatic rings. The van der Waals surface area contributed by atoms with Gasteiger partial charge < -0.3 is 29.3 Å². The van der Waals surface area contributed by atoms with Crippen molar-refractivity contribution in [1.82, 2.24) is 15.1 Å². The van der Waals surface area contributed by atoms with Crippen molar-refractivity contribution in [2.24, 2.45) is 0 Å². The molecule has 2 rings (SSSR count). The Morgan fingerprint density at radius 2 is 1.04 bits per heavy atom. The molecule has 0 spiro atoms. The molecule has 0 saturated carbocycles. The minimum atomic E-state index is 0.656. The van der Waals surface area contributed by atoms with E-state index in [0.29, 0.717) is 26.4 Å². The second kappa shape index (κ2) is 14.0. The standard InChI is InChI=1S/C18H37N3O3/c1-2-8-20(7-1)11-5-19-6-13-22-15-17-24-18-16-23-14-12-21-9-3-4-10-21/h19H,1-18H2. The predicted molar refractivity (Wildman–Crippen MR) is 96.7 cm³/mol. The molecular formula is C18H37N3O3. The molecule has 0 amide bonds. The summed E-state index contributed by atoms with van der Waals surface area (Å²) in [5.74, 6) is 0. The summed E-state index contributed by atoms with van der Waals surface area (Å²) in [6, 6.07) is 0. The highest BCUT2D eigenvalue weighted by atomic mass is 16.5. The lowest BCUT2D eigenvalue weighted by Crippen LogP contribution is -2.31. The van der Waals surface area contributed by atoms with Crippen LogP contribution in [0, 0.1) is 0 Å². The van der Waals surface area contributed by atoms with Crippen LogP contribution in [-0.4, -0.2) is 102 Å². The Balaban J connectivity index is 1.21. The third kappa shape index (κ3) is 9.91. The number of hydrogen-bond acceptors (Lipinski definition) is 6. The van der Waals surface area contributed by atoms with Gasteiger partial charge in [-0.3, -0.25) is 0 Å². The van der Waals surface area contributed by atoms with Crippen LogP contribution in [0.4, 0.5) is 0 Å². The Hall–Kier alpha value is -0.240. The Morgan fingerprint density at radius 1 is 0.542 bits per heavy atom. The second-order valence-electron chi connectivity index (χ2n) is 6.68. The molecule has 2 fully saturated rings. The van der Waals surface area contributed by atoms with Crippen LogP contribution in [-0.2, 0) is 14.2 Å². The van der Waals surface area contributed by atoms with Gasteiger partial charge in [0, 0.05) is 26.2 Å². The van der Waals surface area contributed by atoms with Crippen LogP contribution in [0.5, 0.6) is 0 Å². The topological polar surface area (TPSA) is 46.2 Å². The predicted octanol–water partition coefficient (Wildman–Crippen LogP) is 0.817. The third-order valence-corrected chi connectivity index (χ3v) is 4.72. The lowest BCUT2D eigenvalue weighted by molar-refractivity contribution is 0.0120. The molecule has 6 nitrogen and oxygen atoms in total. The van der Waals surface area contributed by atoms with E-state index < -0.39 is 0 Å². The SMILES string of the molecule is C1CCN(CCNCCOCCOCCOCCN2CCCC2)C1. The van der Waals surface area contributed by atoms with Gasteiger partial charge in [-0.15, -0.1) is 0 Å². The van der Waals surface area contributed by atoms with E-state index in [1.54, 1.807) is 0 Å². The number of nitrogens with one attached hydrogen (secondary N) is 1. The average molecular weight is 344 g/mol. The summed E-state index contributed by atoms with van der Waals surface area (Å²) in [4.78, 5) is 4.99. The monoisotopic (exact) mass is 343 g/mol. The molecule has 1 N–H and O–H groups in total. The van der Waals surface area contributed by atoms with Crippen molar-refractivity contribution < 1.29 is 14.2 Å². The molecule has 6 heteroatoms. The quantitative estimate of drug-likeness (QED) is 0.444. The fraction of sp³-hybridized carbons (Fsp3) is 1.00. The summed E-state index contributed by atoms with van der Waals surface area (Å²) in [7, 11) is 0. The van der Waals surface area contributed by atoms with Crippen molar-refractivity contribution in [3.8, 4) is 0 Å². The molecule has 0 radical (unpaired) electrons. The first-order valence-corrected chi connectivity index (χ1v) is 9.84. The summed E-state index contributed by atoms with van der Waals surface area (Å²) in [5.41, 5.74) is 0. The zero-order valence-corrected chi connectivity index (χ0v) is 15.3. The first-order valence-electron chi connectivity index (χ1n) is 9.84. The van der Waals surface area contributed by atoms with Crippen LogP contribution in [0.1, 0.15) is 25.7 Å². The van der Waals surface area contributed by atoms with E-state index in [4.69, 9.17) is 14.2 Å². The Morgan fingerprint density at radius 3 is 1.67 bits per heavy atom. The zero-order valence-electron chi connectivity index (χ0n) is 15.3. The molecule has 0 aromatic carbocycles. The number of likely N-dealkylation sites (tertiary alicyclic amines) is 2. The maximum absolute atomic E-state index is 5.59. The van der Waals surface area contributed by atoms with Gasteiger partial charge in [0.15, 0.2) is 0 Å². The highest BCUT2D eigenvalue weighted by Crippen LogP contribution is 2.06. The van der Waals surface area contributed by atoms with Gasteiger partial charge in [-0.25, -0.2) is 0 Å². The van der Waals surface area contributed by atoms with Crippen LogP contribution in [0.2, 0.25) is 0 Å². The smallest absolute Gasteiger partial charge is 0.0701 e. The molecule has 0 unspecified atom stereocenters. The maximum atomic E-state index is 5.59. The van der Waals surface area contributed by atoms with Gasteiger partial charge in [0.1, 0.15) is 0 Å². The van der Waals surface area contributed by atoms with Crippen LogP contribution in [0.3, 0.4) is 0 Å². The Kier molecular flexibility index (Phi) is 11.7. The lowest BCUT2D eigenvalue weighted by atomic mass is 10.4. The van der Waals surface area contributed by atoms with Gasteiger partial charge in [-0.05, 0) is 51.9 Å². The van der Waals surface area contributed by atoms with Crippen LogP contribution < -0.4 is 5.32 Å². The number of hydrogen-bond donors (Lipinski definition) is 1.